The molecule has 1 aliphatic heterocycles. The van der Waals surface area contributed by atoms with E-state index in [0.717, 1.165) is 32.6 Å². The molecule has 78 valence electrons. The maximum Gasteiger partial charge on any atom is 0.0483 e. The van der Waals surface area contributed by atoms with Crippen molar-refractivity contribution >= 4 is 0 Å². The maximum absolute atomic E-state index is 5.36. The fourth-order valence-electron chi connectivity index (χ4n) is 1.78. The lowest BCUT2D eigenvalue weighted by Crippen LogP contribution is -2.46. The smallest absolute Gasteiger partial charge is 0.0483 e. The quantitative estimate of drug-likeness (QED) is 0.768. The Bertz CT molecular complexity index is 263. The molecule has 2 rings (SSSR count). The summed E-state index contributed by atoms with van der Waals surface area (Å²) in [5.74, 6) is 0. The zero-order valence-electron chi connectivity index (χ0n) is 8.68. The van der Waals surface area contributed by atoms with Gasteiger partial charge in [-0.05, 0) is 31.4 Å². The number of aromatic amines is 1. The van der Waals surface area contributed by atoms with Crippen molar-refractivity contribution in [3.8, 4) is 0 Å². The van der Waals surface area contributed by atoms with Crippen LogP contribution in [0.3, 0.4) is 0 Å². The fourth-order valence-corrected chi connectivity index (χ4v) is 1.78. The standard InChI is InChI=1S/C11H18N2O/c1-11(3-6-14-7-4-11)13-9-10-2-5-12-8-10/h2,5,8,12-13H,3-4,6-7,9H2,1H3. The first-order chi connectivity index (χ1) is 6.79. The maximum atomic E-state index is 5.36. The van der Waals surface area contributed by atoms with Crippen LogP contribution < -0.4 is 5.32 Å². The summed E-state index contributed by atoms with van der Waals surface area (Å²) in [6.07, 6.45) is 6.22. The molecule has 1 aromatic rings. The van der Waals surface area contributed by atoms with E-state index in [4.69, 9.17) is 4.74 Å². The van der Waals surface area contributed by atoms with Gasteiger partial charge in [0.2, 0.25) is 0 Å². The number of H-pyrrole nitrogens is 1. The topological polar surface area (TPSA) is 37.0 Å². The summed E-state index contributed by atoms with van der Waals surface area (Å²) in [4.78, 5) is 3.07. The number of nitrogens with one attached hydrogen (secondary N) is 2. The van der Waals surface area contributed by atoms with Crippen molar-refractivity contribution in [1.82, 2.24) is 10.3 Å². The van der Waals surface area contributed by atoms with Crippen LogP contribution in [0.1, 0.15) is 25.3 Å². The van der Waals surface area contributed by atoms with Crippen LogP contribution in [0.5, 0.6) is 0 Å². The average molecular weight is 194 g/mol. The molecule has 3 nitrogen and oxygen atoms in total. The van der Waals surface area contributed by atoms with Gasteiger partial charge in [0.1, 0.15) is 0 Å². The summed E-state index contributed by atoms with van der Waals surface area (Å²) in [6, 6.07) is 2.11. The van der Waals surface area contributed by atoms with Gasteiger partial charge < -0.3 is 15.0 Å². The van der Waals surface area contributed by atoms with Crippen molar-refractivity contribution in [2.75, 3.05) is 13.2 Å². The third-order valence-corrected chi connectivity index (χ3v) is 2.98. The average Bonchev–Trinajstić information content (AvgIpc) is 2.69. The first-order valence-electron chi connectivity index (χ1n) is 5.23. The monoisotopic (exact) mass is 194 g/mol. The van der Waals surface area contributed by atoms with Crippen LogP contribution in [0.4, 0.5) is 0 Å². The highest BCUT2D eigenvalue weighted by atomic mass is 16.5. The highest BCUT2D eigenvalue weighted by molar-refractivity contribution is 5.08. The Kier molecular flexibility index (Phi) is 2.89. The molecule has 0 unspecified atom stereocenters. The molecular formula is C11H18N2O. The predicted octanol–water partition coefficient (Wildman–Crippen LogP) is 1.67. The van der Waals surface area contributed by atoms with Crippen molar-refractivity contribution < 1.29 is 4.74 Å². The van der Waals surface area contributed by atoms with Crippen molar-refractivity contribution in [1.29, 1.82) is 0 Å². The fraction of sp³-hybridized carbons (Fsp3) is 0.636. The van der Waals surface area contributed by atoms with Crippen molar-refractivity contribution in [2.24, 2.45) is 0 Å². The first-order valence-corrected chi connectivity index (χ1v) is 5.23. The van der Waals surface area contributed by atoms with Gasteiger partial charge >= 0.3 is 0 Å². The lowest BCUT2D eigenvalue weighted by molar-refractivity contribution is 0.0446. The van der Waals surface area contributed by atoms with Crippen LogP contribution in [0.2, 0.25) is 0 Å². The van der Waals surface area contributed by atoms with Gasteiger partial charge in [0.05, 0.1) is 0 Å². The van der Waals surface area contributed by atoms with Crippen LogP contribution in [-0.2, 0) is 11.3 Å². The normalized spacial score (nSPS) is 20.9. The van der Waals surface area contributed by atoms with Crippen LogP contribution >= 0.6 is 0 Å². The largest absolute Gasteiger partial charge is 0.381 e. The summed E-state index contributed by atoms with van der Waals surface area (Å²) < 4.78 is 5.36. The number of hydrogen-bond donors (Lipinski definition) is 2. The molecule has 1 fully saturated rings. The number of aromatic nitrogens is 1. The van der Waals surface area contributed by atoms with E-state index < -0.39 is 0 Å². The molecule has 2 N–H and O–H groups in total. The van der Waals surface area contributed by atoms with Gasteiger partial charge in [-0.25, -0.2) is 0 Å². The molecule has 0 aliphatic carbocycles. The molecule has 0 atom stereocenters. The van der Waals surface area contributed by atoms with Gasteiger partial charge in [0, 0.05) is 37.7 Å². The van der Waals surface area contributed by atoms with E-state index in [1.807, 2.05) is 12.4 Å². The summed E-state index contributed by atoms with van der Waals surface area (Å²) in [5, 5.41) is 3.60. The van der Waals surface area contributed by atoms with E-state index >= 15 is 0 Å². The van der Waals surface area contributed by atoms with E-state index in [9.17, 15) is 0 Å². The molecule has 0 spiro atoms. The van der Waals surface area contributed by atoms with Gasteiger partial charge in [-0.3, -0.25) is 0 Å². The molecule has 0 saturated carbocycles. The molecule has 14 heavy (non-hydrogen) atoms. The summed E-state index contributed by atoms with van der Waals surface area (Å²) in [5.41, 5.74) is 1.58. The summed E-state index contributed by atoms with van der Waals surface area (Å²) in [6.45, 7) is 5.00. The molecule has 3 heteroatoms. The summed E-state index contributed by atoms with van der Waals surface area (Å²) in [7, 11) is 0. The van der Waals surface area contributed by atoms with E-state index in [0.29, 0.717) is 0 Å². The highest BCUT2D eigenvalue weighted by Gasteiger charge is 2.26. The number of rotatable bonds is 3. The number of ether oxygens (including phenoxy) is 1. The number of hydrogen-bond acceptors (Lipinski definition) is 2. The van der Waals surface area contributed by atoms with E-state index in [2.05, 4.69) is 23.3 Å². The second-order valence-corrected chi connectivity index (χ2v) is 4.25. The van der Waals surface area contributed by atoms with Crippen LogP contribution in [0.25, 0.3) is 0 Å². The lowest BCUT2D eigenvalue weighted by Gasteiger charge is -2.34. The Labute approximate surface area is 84.9 Å². The van der Waals surface area contributed by atoms with Crippen LogP contribution in [0, 0.1) is 0 Å². The van der Waals surface area contributed by atoms with Gasteiger partial charge in [0.15, 0.2) is 0 Å². The van der Waals surface area contributed by atoms with Gasteiger partial charge in [0.25, 0.3) is 0 Å². The molecule has 0 aromatic carbocycles. The van der Waals surface area contributed by atoms with Crippen molar-refractivity contribution in [3.05, 3.63) is 24.0 Å². The Morgan fingerprint density at radius 1 is 1.50 bits per heavy atom. The third kappa shape index (κ3) is 2.36. The Morgan fingerprint density at radius 2 is 2.29 bits per heavy atom. The highest BCUT2D eigenvalue weighted by Crippen LogP contribution is 2.20. The third-order valence-electron chi connectivity index (χ3n) is 2.98. The van der Waals surface area contributed by atoms with E-state index in [1.165, 1.54) is 5.56 Å². The molecule has 1 aromatic heterocycles. The molecule has 0 bridgehead atoms. The molecule has 1 aliphatic rings. The molecule has 1 saturated heterocycles. The Balaban J connectivity index is 1.84. The van der Waals surface area contributed by atoms with Crippen LogP contribution in [-0.4, -0.2) is 23.7 Å². The van der Waals surface area contributed by atoms with Crippen molar-refractivity contribution in [3.63, 3.8) is 0 Å². The minimum atomic E-state index is 0.259. The van der Waals surface area contributed by atoms with Crippen molar-refractivity contribution in [2.45, 2.75) is 31.8 Å². The molecule has 0 amide bonds. The van der Waals surface area contributed by atoms with E-state index in [1.54, 1.807) is 0 Å². The zero-order chi connectivity index (χ0) is 9.86. The lowest BCUT2D eigenvalue weighted by atomic mass is 9.92. The Morgan fingerprint density at radius 3 is 2.93 bits per heavy atom. The second kappa shape index (κ2) is 4.15. The minimum Gasteiger partial charge on any atom is -0.381 e. The Hall–Kier alpha value is -0.800. The zero-order valence-corrected chi connectivity index (χ0v) is 8.68. The van der Waals surface area contributed by atoms with Gasteiger partial charge in [-0.2, -0.15) is 0 Å². The first kappa shape index (κ1) is 9.74. The van der Waals surface area contributed by atoms with Gasteiger partial charge in [-0.15, -0.1) is 0 Å². The van der Waals surface area contributed by atoms with E-state index in [-0.39, 0.29) is 5.54 Å². The predicted molar refractivity (Wildman–Crippen MR) is 56.1 cm³/mol. The van der Waals surface area contributed by atoms with Crippen LogP contribution in [0.15, 0.2) is 18.5 Å². The molecule has 2 heterocycles. The second-order valence-electron chi connectivity index (χ2n) is 4.25. The SMILES string of the molecule is CC1(NCc2cc[nH]c2)CCOCC1. The molecular weight excluding hydrogens is 176 g/mol. The minimum absolute atomic E-state index is 0.259. The van der Waals surface area contributed by atoms with Gasteiger partial charge in [-0.1, -0.05) is 0 Å². The molecule has 0 radical (unpaired) electrons. The summed E-state index contributed by atoms with van der Waals surface area (Å²) >= 11 is 0.